The molecule has 1 unspecified atom stereocenters. The maximum atomic E-state index is 12.4. The van der Waals surface area contributed by atoms with Crippen molar-refractivity contribution in [1.82, 2.24) is 4.57 Å². The summed E-state index contributed by atoms with van der Waals surface area (Å²) in [6.45, 7) is 3.48. The van der Waals surface area contributed by atoms with Gasteiger partial charge in [-0.3, -0.25) is 4.79 Å². The standard InChI is InChI=1S/C22H28N2O4/c1-26-13-16-8-15-5-6-24-21(20(15)9-17(16)14-27-2)10-18(25)11-22(24)23-12-19-4-3-7-28-19/h8-11,19,23H,3-7,12-14H2,1-2H3. The topological polar surface area (TPSA) is 61.7 Å². The van der Waals surface area contributed by atoms with Crippen molar-refractivity contribution in [2.75, 3.05) is 32.7 Å². The Hall–Kier alpha value is -2.15. The van der Waals surface area contributed by atoms with Crippen molar-refractivity contribution in [2.24, 2.45) is 0 Å². The molecule has 2 aliphatic rings. The lowest BCUT2D eigenvalue weighted by Crippen LogP contribution is -2.25. The first kappa shape index (κ1) is 19.2. The molecule has 6 heteroatoms. The number of aromatic nitrogens is 1. The lowest BCUT2D eigenvalue weighted by Gasteiger charge is -2.27. The van der Waals surface area contributed by atoms with E-state index in [2.05, 4.69) is 22.0 Å². The van der Waals surface area contributed by atoms with Crippen LogP contribution in [0.5, 0.6) is 0 Å². The summed E-state index contributed by atoms with van der Waals surface area (Å²) in [7, 11) is 3.40. The number of hydrogen-bond donors (Lipinski definition) is 1. The van der Waals surface area contributed by atoms with E-state index in [1.807, 2.05) is 0 Å². The molecule has 2 aromatic rings. The Morgan fingerprint density at radius 1 is 1.14 bits per heavy atom. The molecule has 1 fully saturated rings. The van der Waals surface area contributed by atoms with Crippen molar-refractivity contribution in [3.05, 3.63) is 51.2 Å². The summed E-state index contributed by atoms with van der Waals surface area (Å²) >= 11 is 0. The number of nitrogens with one attached hydrogen (secondary N) is 1. The minimum atomic E-state index is 0.0169. The van der Waals surface area contributed by atoms with E-state index in [1.54, 1.807) is 26.4 Å². The van der Waals surface area contributed by atoms with Gasteiger partial charge >= 0.3 is 0 Å². The molecule has 3 heterocycles. The molecule has 2 aliphatic heterocycles. The van der Waals surface area contributed by atoms with Crippen molar-refractivity contribution in [1.29, 1.82) is 0 Å². The number of methoxy groups -OCH3 is 2. The molecular formula is C22H28N2O4. The van der Waals surface area contributed by atoms with E-state index in [-0.39, 0.29) is 11.5 Å². The van der Waals surface area contributed by atoms with Gasteiger partial charge in [-0.1, -0.05) is 6.07 Å². The van der Waals surface area contributed by atoms with E-state index >= 15 is 0 Å². The molecule has 0 amide bonds. The zero-order valence-corrected chi connectivity index (χ0v) is 16.6. The summed E-state index contributed by atoms with van der Waals surface area (Å²) in [5, 5.41) is 3.45. The third kappa shape index (κ3) is 3.85. The number of fused-ring (bicyclic) bond motifs is 3. The van der Waals surface area contributed by atoms with E-state index in [4.69, 9.17) is 14.2 Å². The maximum absolute atomic E-state index is 12.4. The van der Waals surface area contributed by atoms with E-state index in [0.29, 0.717) is 13.2 Å². The lowest BCUT2D eigenvalue weighted by molar-refractivity contribution is 0.120. The molecule has 0 bridgehead atoms. The largest absolute Gasteiger partial charge is 0.380 e. The fourth-order valence-electron chi connectivity index (χ4n) is 4.23. The second-order valence-electron chi connectivity index (χ2n) is 7.52. The molecular weight excluding hydrogens is 356 g/mol. The average Bonchev–Trinajstić information content (AvgIpc) is 3.20. The van der Waals surface area contributed by atoms with Gasteiger partial charge in [-0.15, -0.1) is 0 Å². The van der Waals surface area contributed by atoms with E-state index < -0.39 is 0 Å². The van der Waals surface area contributed by atoms with Gasteiger partial charge in [-0.05, 0) is 42.0 Å². The van der Waals surface area contributed by atoms with Crippen LogP contribution in [0.2, 0.25) is 0 Å². The normalized spacial score (nSPS) is 18.0. The predicted molar refractivity (Wildman–Crippen MR) is 109 cm³/mol. The smallest absolute Gasteiger partial charge is 0.184 e. The summed E-state index contributed by atoms with van der Waals surface area (Å²) in [5.74, 6) is 0.873. The molecule has 1 atom stereocenters. The molecule has 6 nitrogen and oxygen atoms in total. The Morgan fingerprint density at radius 2 is 1.93 bits per heavy atom. The van der Waals surface area contributed by atoms with Crippen LogP contribution in [0.4, 0.5) is 5.82 Å². The molecule has 4 rings (SSSR count). The van der Waals surface area contributed by atoms with Gasteiger partial charge in [0.2, 0.25) is 0 Å². The Bertz CT molecular complexity index is 900. The van der Waals surface area contributed by atoms with Gasteiger partial charge in [0.15, 0.2) is 5.43 Å². The zero-order chi connectivity index (χ0) is 19.5. The highest BCUT2D eigenvalue weighted by molar-refractivity contribution is 5.69. The summed E-state index contributed by atoms with van der Waals surface area (Å²) in [4.78, 5) is 12.4. The van der Waals surface area contributed by atoms with Crippen LogP contribution in [-0.4, -0.2) is 38.0 Å². The van der Waals surface area contributed by atoms with Crippen molar-refractivity contribution >= 4 is 5.82 Å². The van der Waals surface area contributed by atoms with Crippen LogP contribution in [0.1, 0.15) is 29.5 Å². The number of benzene rings is 1. The van der Waals surface area contributed by atoms with Gasteiger partial charge in [0.05, 0.1) is 25.0 Å². The number of aryl methyl sites for hydroxylation is 1. The third-order valence-corrected chi connectivity index (χ3v) is 5.58. The van der Waals surface area contributed by atoms with Crippen LogP contribution in [0.3, 0.4) is 0 Å². The first-order valence-electron chi connectivity index (χ1n) is 9.93. The number of rotatable bonds is 7. The van der Waals surface area contributed by atoms with Crippen LogP contribution in [-0.2, 0) is 40.4 Å². The van der Waals surface area contributed by atoms with Gasteiger partial charge in [0, 0.05) is 51.6 Å². The third-order valence-electron chi connectivity index (χ3n) is 5.58. The summed E-state index contributed by atoms with van der Waals surface area (Å²) in [6.07, 6.45) is 3.33. The Balaban J connectivity index is 1.71. The highest BCUT2D eigenvalue weighted by Crippen LogP contribution is 2.33. The summed E-state index contributed by atoms with van der Waals surface area (Å²) in [6, 6.07) is 7.79. The van der Waals surface area contributed by atoms with Gasteiger partial charge in [0.1, 0.15) is 5.82 Å². The fourth-order valence-corrected chi connectivity index (χ4v) is 4.23. The average molecular weight is 384 g/mol. The maximum Gasteiger partial charge on any atom is 0.184 e. The molecule has 28 heavy (non-hydrogen) atoms. The monoisotopic (exact) mass is 384 g/mol. The van der Waals surface area contributed by atoms with Gasteiger partial charge < -0.3 is 24.1 Å². The Morgan fingerprint density at radius 3 is 2.64 bits per heavy atom. The Labute approximate surface area is 165 Å². The number of ether oxygens (including phenoxy) is 3. The van der Waals surface area contributed by atoms with E-state index in [0.717, 1.165) is 67.2 Å². The summed E-state index contributed by atoms with van der Waals surface area (Å²) in [5.41, 5.74) is 5.58. The second-order valence-corrected chi connectivity index (χ2v) is 7.52. The van der Waals surface area contributed by atoms with Crippen molar-refractivity contribution in [2.45, 2.75) is 45.1 Å². The summed E-state index contributed by atoms with van der Waals surface area (Å²) < 4.78 is 18.7. The number of anilines is 1. The minimum Gasteiger partial charge on any atom is -0.380 e. The number of hydrogen-bond acceptors (Lipinski definition) is 5. The molecule has 1 aromatic heterocycles. The van der Waals surface area contributed by atoms with Crippen LogP contribution in [0, 0.1) is 0 Å². The van der Waals surface area contributed by atoms with Crippen molar-refractivity contribution in [3.63, 3.8) is 0 Å². The number of pyridine rings is 1. The van der Waals surface area contributed by atoms with Gasteiger partial charge in [-0.2, -0.15) is 0 Å². The first-order valence-corrected chi connectivity index (χ1v) is 9.93. The van der Waals surface area contributed by atoms with Crippen LogP contribution >= 0.6 is 0 Å². The molecule has 1 N–H and O–H groups in total. The van der Waals surface area contributed by atoms with Crippen LogP contribution in [0.15, 0.2) is 29.1 Å². The van der Waals surface area contributed by atoms with Crippen molar-refractivity contribution < 1.29 is 14.2 Å². The van der Waals surface area contributed by atoms with Crippen molar-refractivity contribution in [3.8, 4) is 11.3 Å². The quantitative estimate of drug-likeness (QED) is 0.795. The highest BCUT2D eigenvalue weighted by atomic mass is 16.5. The van der Waals surface area contributed by atoms with Gasteiger partial charge in [0.25, 0.3) is 0 Å². The fraction of sp³-hybridized carbons (Fsp3) is 0.500. The molecule has 1 aromatic carbocycles. The van der Waals surface area contributed by atoms with Gasteiger partial charge in [-0.25, -0.2) is 0 Å². The Kier molecular flexibility index (Phi) is 5.80. The second kappa shape index (κ2) is 8.47. The number of nitrogens with zero attached hydrogens (tertiary/aromatic N) is 1. The minimum absolute atomic E-state index is 0.0169. The molecule has 0 spiro atoms. The molecule has 1 saturated heterocycles. The van der Waals surface area contributed by atoms with E-state index in [9.17, 15) is 4.79 Å². The molecule has 0 aliphatic carbocycles. The first-order chi connectivity index (χ1) is 13.7. The zero-order valence-electron chi connectivity index (χ0n) is 16.6. The molecule has 0 saturated carbocycles. The lowest BCUT2D eigenvalue weighted by atomic mass is 9.92. The van der Waals surface area contributed by atoms with Crippen LogP contribution < -0.4 is 10.7 Å². The predicted octanol–water partition coefficient (Wildman–Crippen LogP) is 2.96. The SMILES string of the molecule is COCc1cc2c(cc1COC)-c1cc(=O)cc(NCC3CCCO3)n1CC2. The molecule has 0 radical (unpaired) electrons. The molecule has 150 valence electrons. The van der Waals surface area contributed by atoms with Crippen LogP contribution in [0.25, 0.3) is 11.3 Å². The van der Waals surface area contributed by atoms with E-state index in [1.165, 1.54) is 5.56 Å². The highest BCUT2D eigenvalue weighted by Gasteiger charge is 2.22.